The first-order valence-electron chi connectivity index (χ1n) is 10.0. The number of benzene rings is 2. The number of rotatable bonds is 8. The Balaban J connectivity index is 1.62. The van der Waals surface area contributed by atoms with Crippen LogP contribution in [0.5, 0.6) is 23.0 Å². The molecule has 0 amide bonds. The molecule has 0 N–H and O–H groups in total. The first-order chi connectivity index (χ1) is 14.1. The molecule has 0 unspecified atom stereocenters. The van der Waals surface area contributed by atoms with Crippen molar-refractivity contribution < 1.29 is 18.9 Å². The van der Waals surface area contributed by atoms with Crippen molar-refractivity contribution in [1.82, 2.24) is 4.90 Å². The Morgan fingerprint density at radius 3 is 2.21 bits per heavy atom. The van der Waals surface area contributed by atoms with E-state index in [4.69, 9.17) is 18.9 Å². The summed E-state index contributed by atoms with van der Waals surface area (Å²) in [5, 5.41) is 0. The molecule has 1 atom stereocenters. The van der Waals surface area contributed by atoms with Gasteiger partial charge in [-0.25, -0.2) is 0 Å². The van der Waals surface area contributed by atoms with E-state index in [1.165, 1.54) is 11.3 Å². The minimum atomic E-state index is 0.441. The van der Waals surface area contributed by atoms with Crippen LogP contribution in [0, 0.1) is 0 Å². The first kappa shape index (κ1) is 21.1. The highest BCUT2D eigenvalue weighted by molar-refractivity contribution is 5.54. The van der Waals surface area contributed by atoms with Crippen molar-refractivity contribution >= 4 is 5.69 Å². The molecule has 0 saturated carbocycles. The Morgan fingerprint density at radius 2 is 1.62 bits per heavy atom. The van der Waals surface area contributed by atoms with Crippen LogP contribution in [0.25, 0.3) is 0 Å². The van der Waals surface area contributed by atoms with Crippen LogP contribution < -0.4 is 23.8 Å². The third kappa shape index (κ3) is 4.88. The van der Waals surface area contributed by atoms with Crippen molar-refractivity contribution in [1.29, 1.82) is 0 Å². The summed E-state index contributed by atoms with van der Waals surface area (Å²) in [5.74, 6) is 2.95. The van der Waals surface area contributed by atoms with Gasteiger partial charge in [0, 0.05) is 44.0 Å². The molecule has 158 valence electrons. The molecule has 6 heteroatoms. The lowest BCUT2D eigenvalue weighted by Crippen LogP contribution is -2.52. The predicted octanol–water partition coefficient (Wildman–Crippen LogP) is 3.47. The molecule has 0 aromatic heterocycles. The number of ether oxygens (including phenoxy) is 4. The summed E-state index contributed by atoms with van der Waals surface area (Å²) < 4.78 is 21.7. The van der Waals surface area contributed by atoms with Gasteiger partial charge < -0.3 is 23.8 Å². The lowest BCUT2D eigenvalue weighted by Gasteiger charge is -2.41. The van der Waals surface area contributed by atoms with Crippen molar-refractivity contribution in [3.63, 3.8) is 0 Å². The smallest absolute Gasteiger partial charge is 0.203 e. The van der Waals surface area contributed by atoms with Gasteiger partial charge in [0.05, 0.1) is 28.4 Å². The van der Waals surface area contributed by atoms with Gasteiger partial charge in [-0.15, -0.1) is 0 Å². The zero-order valence-electron chi connectivity index (χ0n) is 18.1. The first-order valence-corrected chi connectivity index (χ1v) is 10.0. The number of hydrogen-bond acceptors (Lipinski definition) is 6. The highest BCUT2D eigenvalue weighted by Gasteiger charge is 2.24. The molecule has 1 aliphatic heterocycles. The van der Waals surface area contributed by atoms with Gasteiger partial charge in [0.25, 0.3) is 0 Å². The maximum Gasteiger partial charge on any atom is 0.203 e. The molecule has 0 bridgehead atoms. The normalized spacial score (nSPS) is 17.1. The Hall–Kier alpha value is -2.60. The molecule has 1 fully saturated rings. The molecular weight excluding hydrogens is 368 g/mol. The Kier molecular flexibility index (Phi) is 7.09. The van der Waals surface area contributed by atoms with Crippen molar-refractivity contribution in [2.75, 3.05) is 59.5 Å². The number of piperazine rings is 1. The second kappa shape index (κ2) is 9.74. The average Bonchev–Trinajstić information content (AvgIpc) is 2.76. The van der Waals surface area contributed by atoms with Crippen LogP contribution >= 0.6 is 0 Å². The molecule has 1 heterocycles. The fourth-order valence-electron chi connectivity index (χ4n) is 3.98. The van der Waals surface area contributed by atoms with Crippen LogP contribution in [0.15, 0.2) is 36.4 Å². The van der Waals surface area contributed by atoms with E-state index in [0.29, 0.717) is 23.3 Å². The third-order valence-electron chi connectivity index (χ3n) is 5.54. The molecule has 2 aromatic rings. The van der Waals surface area contributed by atoms with E-state index in [2.05, 4.69) is 34.9 Å². The molecule has 3 rings (SSSR count). The molecule has 2 aromatic carbocycles. The molecule has 0 aliphatic carbocycles. The standard InChI is InChI=1S/C23H32N2O4/c1-17-16-24(11-12-25(17)19-7-6-8-20(15-19)26-2)10-9-18-13-21(27-3)23(29-5)22(14-18)28-4/h6-8,13-15,17H,9-12,16H2,1-5H3/t17-/m0/s1. The fraction of sp³-hybridized carbons (Fsp3) is 0.478. The van der Waals surface area contributed by atoms with Gasteiger partial charge in [-0.1, -0.05) is 6.07 Å². The van der Waals surface area contributed by atoms with Gasteiger partial charge in [0.1, 0.15) is 5.75 Å². The predicted molar refractivity (Wildman–Crippen MR) is 116 cm³/mol. The Labute approximate surface area is 173 Å². The minimum absolute atomic E-state index is 0.441. The van der Waals surface area contributed by atoms with Gasteiger partial charge in [-0.3, -0.25) is 4.90 Å². The summed E-state index contributed by atoms with van der Waals surface area (Å²) in [6.07, 6.45) is 0.933. The molecule has 29 heavy (non-hydrogen) atoms. The van der Waals surface area contributed by atoms with E-state index in [1.54, 1.807) is 28.4 Å². The van der Waals surface area contributed by atoms with Gasteiger partial charge >= 0.3 is 0 Å². The SMILES string of the molecule is COc1cccc(N2CCN(CCc3cc(OC)c(OC)c(OC)c3)C[C@@H]2C)c1. The van der Waals surface area contributed by atoms with E-state index in [-0.39, 0.29) is 0 Å². The zero-order valence-corrected chi connectivity index (χ0v) is 18.1. The van der Waals surface area contributed by atoms with Crippen molar-refractivity contribution in [2.45, 2.75) is 19.4 Å². The lowest BCUT2D eigenvalue weighted by molar-refractivity contribution is 0.231. The third-order valence-corrected chi connectivity index (χ3v) is 5.54. The summed E-state index contributed by atoms with van der Waals surface area (Å²) in [5.41, 5.74) is 2.41. The molecule has 0 spiro atoms. The van der Waals surface area contributed by atoms with E-state index >= 15 is 0 Å². The van der Waals surface area contributed by atoms with Gasteiger partial charge in [0.2, 0.25) is 5.75 Å². The molecule has 1 saturated heterocycles. The van der Waals surface area contributed by atoms with E-state index < -0.39 is 0 Å². The van der Waals surface area contributed by atoms with Crippen molar-refractivity contribution in [3.05, 3.63) is 42.0 Å². The second-order valence-electron chi connectivity index (χ2n) is 7.33. The van der Waals surface area contributed by atoms with Crippen LogP contribution in [0.3, 0.4) is 0 Å². The molecule has 1 aliphatic rings. The average molecular weight is 401 g/mol. The number of nitrogens with zero attached hydrogens (tertiary/aromatic N) is 2. The fourth-order valence-corrected chi connectivity index (χ4v) is 3.98. The van der Waals surface area contributed by atoms with Crippen LogP contribution in [0.1, 0.15) is 12.5 Å². The lowest BCUT2D eigenvalue weighted by atomic mass is 10.1. The summed E-state index contributed by atoms with van der Waals surface area (Å²) in [7, 11) is 6.65. The highest BCUT2D eigenvalue weighted by atomic mass is 16.5. The number of methoxy groups -OCH3 is 4. The number of anilines is 1. The van der Waals surface area contributed by atoms with Crippen molar-refractivity contribution in [2.24, 2.45) is 0 Å². The van der Waals surface area contributed by atoms with Crippen LogP contribution in [0.4, 0.5) is 5.69 Å². The second-order valence-corrected chi connectivity index (χ2v) is 7.33. The summed E-state index contributed by atoms with van der Waals surface area (Å²) in [4.78, 5) is 4.98. The Bertz CT molecular complexity index is 786. The van der Waals surface area contributed by atoms with E-state index in [0.717, 1.165) is 38.3 Å². The quantitative estimate of drug-likeness (QED) is 0.676. The largest absolute Gasteiger partial charge is 0.497 e. The number of hydrogen-bond donors (Lipinski definition) is 0. The van der Waals surface area contributed by atoms with Crippen LogP contribution in [0.2, 0.25) is 0 Å². The topological polar surface area (TPSA) is 43.4 Å². The van der Waals surface area contributed by atoms with E-state index in [1.807, 2.05) is 18.2 Å². The summed E-state index contributed by atoms with van der Waals surface area (Å²) in [6.45, 7) is 6.34. The van der Waals surface area contributed by atoms with Crippen LogP contribution in [-0.4, -0.2) is 65.6 Å². The molecule has 0 radical (unpaired) electrons. The van der Waals surface area contributed by atoms with E-state index in [9.17, 15) is 0 Å². The monoisotopic (exact) mass is 400 g/mol. The molecular formula is C23H32N2O4. The van der Waals surface area contributed by atoms with Crippen molar-refractivity contribution in [3.8, 4) is 23.0 Å². The maximum atomic E-state index is 5.47. The zero-order chi connectivity index (χ0) is 20.8. The molecule has 6 nitrogen and oxygen atoms in total. The maximum absolute atomic E-state index is 5.47. The van der Waals surface area contributed by atoms with Gasteiger partial charge in [0.15, 0.2) is 11.5 Å². The van der Waals surface area contributed by atoms with Gasteiger partial charge in [-0.05, 0) is 43.2 Å². The van der Waals surface area contributed by atoms with Crippen LogP contribution in [-0.2, 0) is 6.42 Å². The minimum Gasteiger partial charge on any atom is -0.497 e. The van der Waals surface area contributed by atoms with Gasteiger partial charge in [-0.2, -0.15) is 0 Å². The summed E-state index contributed by atoms with van der Waals surface area (Å²) in [6, 6.07) is 12.8. The highest BCUT2D eigenvalue weighted by Crippen LogP contribution is 2.38. The Morgan fingerprint density at radius 1 is 0.897 bits per heavy atom. The summed E-state index contributed by atoms with van der Waals surface area (Å²) >= 11 is 0.